The van der Waals surface area contributed by atoms with Gasteiger partial charge >= 0.3 is 5.97 Å². The zero-order chi connectivity index (χ0) is 29.9. The van der Waals surface area contributed by atoms with Gasteiger partial charge in [0.1, 0.15) is 17.2 Å². The van der Waals surface area contributed by atoms with E-state index in [0.717, 1.165) is 52.7 Å². The van der Waals surface area contributed by atoms with Crippen molar-refractivity contribution in [3.05, 3.63) is 68.4 Å². The number of piperidine rings is 1. The number of esters is 1. The fraction of sp³-hybridized carbons (Fsp3) is 0.469. The van der Waals surface area contributed by atoms with Crippen LogP contribution in [0.2, 0.25) is 5.02 Å². The molecule has 1 amide bonds. The highest BCUT2D eigenvalue weighted by atomic mass is 79.9. The molecule has 3 aromatic rings. The van der Waals surface area contributed by atoms with Crippen LogP contribution in [0, 0.1) is 18.7 Å². The molecule has 4 rings (SSSR count). The quantitative estimate of drug-likeness (QED) is 0.252. The van der Waals surface area contributed by atoms with Crippen molar-refractivity contribution in [2.75, 3.05) is 24.5 Å². The van der Waals surface area contributed by atoms with Crippen molar-refractivity contribution in [2.45, 2.75) is 71.8 Å². The molecule has 1 aliphatic heterocycles. The summed E-state index contributed by atoms with van der Waals surface area (Å²) in [7, 11) is 0. The zero-order valence-corrected chi connectivity index (χ0v) is 26.7. The molecule has 6 nitrogen and oxygen atoms in total. The summed E-state index contributed by atoms with van der Waals surface area (Å²) in [5.41, 5.74) is 2.04. The second-order valence-electron chi connectivity index (χ2n) is 12.0. The minimum Gasteiger partial charge on any atom is -0.460 e. The van der Waals surface area contributed by atoms with E-state index in [1.165, 1.54) is 18.2 Å². The molecular formula is C32H38BrClFN3O3. The summed E-state index contributed by atoms with van der Waals surface area (Å²) < 4.78 is 20.6. The lowest BCUT2D eigenvalue weighted by Crippen LogP contribution is -2.35. The van der Waals surface area contributed by atoms with Crippen LogP contribution >= 0.6 is 27.5 Å². The normalized spacial score (nSPS) is 15.2. The predicted molar refractivity (Wildman–Crippen MR) is 166 cm³/mol. The monoisotopic (exact) mass is 645 g/mol. The minimum absolute atomic E-state index is 0.104. The van der Waals surface area contributed by atoms with Gasteiger partial charge in [0.15, 0.2) is 0 Å². The summed E-state index contributed by atoms with van der Waals surface area (Å²) in [6, 6.07) is 9.92. The molecule has 220 valence electrons. The van der Waals surface area contributed by atoms with Crippen LogP contribution in [0.15, 0.2) is 40.9 Å². The van der Waals surface area contributed by atoms with Crippen LogP contribution in [0.1, 0.15) is 80.8 Å². The van der Waals surface area contributed by atoms with Crippen LogP contribution in [0.5, 0.6) is 0 Å². The molecule has 1 fully saturated rings. The zero-order valence-electron chi connectivity index (χ0n) is 24.3. The average Bonchev–Trinajstić information content (AvgIpc) is 2.89. The first kappa shape index (κ1) is 31.2. The van der Waals surface area contributed by atoms with Crippen LogP contribution in [0.4, 0.5) is 10.2 Å². The number of halogens is 3. The van der Waals surface area contributed by atoms with Crippen molar-refractivity contribution >= 4 is 56.1 Å². The number of fused-ring (bicyclic) bond motifs is 1. The SMILES string of the molecule is Cc1c(N2CCC(C)CC2)nc2ccc(Br)cc2c1C(=O)NCC(CCC(=O)OC(C)(C)C)c1cc(F)ccc1Cl. The second kappa shape index (κ2) is 13.1. The molecule has 0 aliphatic carbocycles. The molecule has 2 aromatic carbocycles. The molecule has 1 saturated heterocycles. The van der Waals surface area contributed by atoms with Crippen LogP contribution < -0.4 is 10.2 Å². The van der Waals surface area contributed by atoms with E-state index < -0.39 is 17.3 Å². The molecule has 41 heavy (non-hydrogen) atoms. The molecule has 1 atom stereocenters. The van der Waals surface area contributed by atoms with Crippen LogP contribution in [0.3, 0.4) is 0 Å². The highest BCUT2D eigenvalue weighted by Gasteiger charge is 2.26. The first-order chi connectivity index (χ1) is 19.3. The van der Waals surface area contributed by atoms with Gasteiger partial charge in [-0.05, 0) is 94.8 Å². The number of anilines is 1. The summed E-state index contributed by atoms with van der Waals surface area (Å²) in [4.78, 5) is 33.7. The number of carbonyl (C=O) groups is 2. The number of benzene rings is 2. The molecule has 0 saturated carbocycles. The van der Waals surface area contributed by atoms with Crippen molar-refractivity contribution in [1.82, 2.24) is 10.3 Å². The first-order valence-corrected chi connectivity index (χ1v) is 15.3. The second-order valence-corrected chi connectivity index (χ2v) is 13.3. The number of nitrogens with zero attached hydrogens (tertiary/aromatic N) is 2. The molecule has 0 bridgehead atoms. The third-order valence-corrected chi connectivity index (χ3v) is 8.34. The molecule has 1 unspecified atom stereocenters. The summed E-state index contributed by atoms with van der Waals surface area (Å²) in [6.07, 6.45) is 2.59. The molecular weight excluding hydrogens is 609 g/mol. The Morgan fingerprint density at radius 1 is 1.20 bits per heavy atom. The predicted octanol–water partition coefficient (Wildman–Crippen LogP) is 7.97. The lowest BCUT2D eigenvalue weighted by Gasteiger charge is -2.33. The number of aromatic nitrogens is 1. The number of amides is 1. The van der Waals surface area contributed by atoms with Gasteiger partial charge in [-0.3, -0.25) is 9.59 Å². The molecule has 9 heteroatoms. The van der Waals surface area contributed by atoms with Crippen molar-refractivity contribution in [1.29, 1.82) is 0 Å². The molecule has 0 radical (unpaired) electrons. The van der Waals surface area contributed by atoms with Gasteiger partial charge in [-0.1, -0.05) is 34.5 Å². The van der Waals surface area contributed by atoms with Gasteiger partial charge in [0.25, 0.3) is 5.91 Å². The van der Waals surface area contributed by atoms with Gasteiger partial charge in [-0.2, -0.15) is 0 Å². The van der Waals surface area contributed by atoms with E-state index in [1.807, 2.05) is 45.9 Å². The summed E-state index contributed by atoms with van der Waals surface area (Å²) in [6.45, 7) is 11.6. The number of carbonyl (C=O) groups excluding carboxylic acids is 2. The highest BCUT2D eigenvalue weighted by molar-refractivity contribution is 9.10. The number of pyridine rings is 1. The summed E-state index contributed by atoms with van der Waals surface area (Å²) >= 11 is 10.0. The van der Waals surface area contributed by atoms with E-state index in [-0.39, 0.29) is 24.8 Å². The smallest absolute Gasteiger partial charge is 0.306 e. The van der Waals surface area contributed by atoms with Crippen molar-refractivity contribution < 1.29 is 18.7 Å². The Hall–Kier alpha value is -2.71. The van der Waals surface area contributed by atoms with Gasteiger partial charge < -0.3 is 15.0 Å². The fourth-order valence-electron chi connectivity index (χ4n) is 5.32. The number of nitrogens with one attached hydrogen (secondary N) is 1. The largest absolute Gasteiger partial charge is 0.460 e. The van der Waals surface area contributed by atoms with E-state index in [1.54, 1.807) is 0 Å². The van der Waals surface area contributed by atoms with Crippen molar-refractivity contribution in [2.24, 2.45) is 5.92 Å². The third kappa shape index (κ3) is 7.98. The fourth-order valence-corrected chi connectivity index (χ4v) is 5.96. The third-order valence-electron chi connectivity index (χ3n) is 7.50. The Labute approximate surface area is 255 Å². The standard InChI is InChI=1S/C32H38BrClFN3O3/c1-19-12-14-38(15-13-19)30-20(2)29(25-16-22(33)7-10-27(25)37-30)31(40)36-18-21(6-11-28(39)41-32(3,4)5)24-17-23(35)8-9-26(24)34/h7-10,16-17,19,21H,6,11-15,18H2,1-5H3,(H,36,40). The van der Waals surface area contributed by atoms with E-state index in [9.17, 15) is 14.0 Å². The summed E-state index contributed by atoms with van der Waals surface area (Å²) in [5.74, 6) is 0.0405. The van der Waals surface area contributed by atoms with Gasteiger partial charge in [-0.15, -0.1) is 0 Å². The van der Waals surface area contributed by atoms with E-state index in [0.29, 0.717) is 28.5 Å². The van der Waals surface area contributed by atoms with Gasteiger partial charge in [0, 0.05) is 52.4 Å². The van der Waals surface area contributed by atoms with Crippen LogP contribution in [-0.4, -0.2) is 42.1 Å². The molecule has 1 N–H and O–H groups in total. The van der Waals surface area contributed by atoms with Gasteiger partial charge in [0.05, 0.1) is 11.1 Å². The molecule has 1 aromatic heterocycles. The molecule has 2 heterocycles. The maximum Gasteiger partial charge on any atom is 0.306 e. The Balaban J connectivity index is 1.64. The number of ether oxygens (including phenoxy) is 1. The minimum atomic E-state index is -0.615. The number of hydrogen-bond acceptors (Lipinski definition) is 5. The molecule has 1 aliphatic rings. The van der Waals surface area contributed by atoms with E-state index in [2.05, 4.69) is 33.1 Å². The van der Waals surface area contributed by atoms with Gasteiger partial charge in [0.2, 0.25) is 0 Å². The van der Waals surface area contributed by atoms with Crippen LogP contribution in [0.25, 0.3) is 10.9 Å². The number of rotatable bonds is 8. The maximum atomic E-state index is 14.2. The maximum absolute atomic E-state index is 14.2. The Kier molecular flexibility index (Phi) is 9.96. The lowest BCUT2D eigenvalue weighted by molar-refractivity contribution is -0.155. The van der Waals surface area contributed by atoms with Gasteiger partial charge in [-0.25, -0.2) is 9.37 Å². The Bertz CT molecular complexity index is 1430. The average molecular weight is 647 g/mol. The van der Waals surface area contributed by atoms with Crippen molar-refractivity contribution in [3.63, 3.8) is 0 Å². The summed E-state index contributed by atoms with van der Waals surface area (Å²) in [5, 5.41) is 4.20. The topological polar surface area (TPSA) is 71.5 Å². The highest BCUT2D eigenvalue weighted by Crippen LogP contribution is 2.33. The first-order valence-electron chi connectivity index (χ1n) is 14.1. The van der Waals surface area contributed by atoms with Crippen molar-refractivity contribution in [3.8, 4) is 0 Å². The molecule has 0 spiro atoms. The lowest BCUT2D eigenvalue weighted by atomic mass is 9.93. The van der Waals surface area contributed by atoms with Crippen LogP contribution in [-0.2, 0) is 9.53 Å². The number of hydrogen-bond donors (Lipinski definition) is 1. The van der Waals surface area contributed by atoms with E-state index in [4.69, 9.17) is 21.3 Å². The van der Waals surface area contributed by atoms with E-state index >= 15 is 0 Å². The Morgan fingerprint density at radius 3 is 2.59 bits per heavy atom. The Morgan fingerprint density at radius 2 is 1.90 bits per heavy atom.